The summed E-state index contributed by atoms with van der Waals surface area (Å²) in [5.41, 5.74) is 2.64. The minimum Gasteiger partial charge on any atom is -0.461 e. The summed E-state index contributed by atoms with van der Waals surface area (Å²) in [4.78, 5) is 11.9. The Kier molecular flexibility index (Phi) is 11.1. The van der Waals surface area contributed by atoms with E-state index in [0.717, 1.165) is 38.5 Å². The molecule has 0 saturated carbocycles. The van der Waals surface area contributed by atoms with Gasteiger partial charge in [0.1, 0.15) is 6.61 Å². The van der Waals surface area contributed by atoms with Crippen LogP contribution in [0.1, 0.15) is 73.1 Å². The van der Waals surface area contributed by atoms with Crippen molar-refractivity contribution in [2.75, 3.05) is 6.61 Å². The van der Waals surface area contributed by atoms with E-state index in [4.69, 9.17) is 4.74 Å². The van der Waals surface area contributed by atoms with Crippen molar-refractivity contribution in [2.45, 2.75) is 73.1 Å². The van der Waals surface area contributed by atoms with E-state index in [0.29, 0.717) is 6.61 Å². The maximum Gasteiger partial charge on any atom is 0.309 e. The highest BCUT2D eigenvalue weighted by Gasteiger charge is 2.16. The van der Waals surface area contributed by atoms with Gasteiger partial charge in [0.15, 0.2) is 0 Å². The molecular weight excluding hydrogens is 248 g/mol. The second-order valence-corrected chi connectivity index (χ2v) is 5.75. The van der Waals surface area contributed by atoms with Crippen LogP contribution in [0.3, 0.4) is 0 Å². The molecule has 0 heterocycles. The van der Waals surface area contributed by atoms with Gasteiger partial charge in [-0.3, -0.25) is 4.79 Å². The predicted octanol–water partition coefficient (Wildman–Crippen LogP) is 5.44. The van der Waals surface area contributed by atoms with Gasteiger partial charge >= 0.3 is 5.97 Å². The first-order valence-corrected chi connectivity index (χ1v) is 7.96. The number of carbonyl (C=O) groups is 1. The van der Waals surface area contributed by atoms with E-state index in [9.17, 15) is 4.79 Å². The van der Waals surface area contributed by atoms with Gasteiger partial charge < -0.3 is 4.74 Å². The Labute approximate surface area is 125 Å². The lowest BCUT2D eigenvalue weighted by molar-refractivity contribution is -0.147. The largest absolute Gasteiger partial charge is 0.461 e. The van der Waals surface area contributed by atoms with Crippen molar-refractivity contribution in [3.8, 4) is 0 Å². The Hall–Kier alpha value is -1.05. The molecule has 0 aromatic carbocycles. The van der Waals surface area contributed by atoms with Gasteiger partial charge in [-0.15, -0.1) is 0 Å². The van der Waals surface area contributed by atoms with Gasteiger partial charge in [0, 0.05) is 0 Å². The number of esters is 1. The molecule has 0 aliphatic rings. The second-order valence-electron chi connectivity index (χ2n) is 5.75. The summed E-state index contributed by atoms with van der Waals surface area (Å²) in [5, 5.41) is 0. The predicted molar refractivity (Wildman–Crippen MR) is 86.7 cm³/mol. The lowest BCUT2D eigenvalue weighted by atomic mass is 10.00. The quantitative estimate of drug-likeness (QED) is 0.393. The van der Waals surface area contributed by atoms with Crippen molar-refractivity contribution in [3.63, 3.8) is 0 Å². The molecule has 2 nitrogen and oxygen atoms in total. The van der Waals surface area contributed by atoms with Crippen LogP contribution in [0.15, 0.2) is 23.3 Å². The number of ether oxygens (including phenoxy) is 1. The topological polar surface area (TPSA) is 26.3 Å². The van der Waals surface area contributed by atoms with E-state index in [1.807, 2.05) is 6.08 Å². The molecule has 0 fully saturated rings. The first kappa shape index (κ1) is 18.9. The summed E-state index contributed by atoms with van der Waals surface area (Å²) in [7, 11) is 0. The molecule has 1 atom stereocenters. The summed E-state index contributed by atoms with van der Waals surface area (Å²) in [6, 6.07) is 0. The Balaban J connectivity index is 4.00. The van der Waals surface area contributed by atoms with Gasteiger partial charge in [-0.1, -0.05) is 43.9 Å². The standard InChI is InChI=1S/C18H32O2/c1-6-8-12-17(7-2)18(19)20-14-13-16(5)11-9-10-15(3)4/h10,13,17H,6-9,11-12,14H2,1-5H3. The molecule has 0 bridgehead atoms. The SMILES string of the molecule is CCCCC(CC)C(=O)OCC=C(C)CCC=C(C)C. The monoisotopic (exact) mass is 280 g/mol. The third-order valence-corrected chi connectivity index (χ3v) is 3.48. The number of rotatable bonds is 10. The molecule has 0 amide bonds. The molecule has 0 aliphatic heterocycles. The fourth-order valence-electron chi connectivity index (χ4n) is 2.01. The van der Waals surface area contributed by atoms with Crippen molar-refractivity contribution < 1.29 is 9.53 Å². The summed E-state index contributed by atoms with van der Waals surface area (Å²) in [5.74, 6) is 0.0450. The van der Waals surface area contributed by atoms with Gasteiger partial charge in [-0.05, 0) is 52.5 Å². The fraction of sp³-hybridized carbons (Fsp3) is 0.722. The van der Waals surface area contributed by atoms with Crippen LogP contribution in [0.4, 0.5) is 0 Å². The highest BCUT2D eigenvalue weighted by Crippen LogP contribution is 2.14. The number of hydrogen-bond acceptors (Lipinski definition) is 2. The maximum absolute atomic E-state index is 11.9. The van der Waals surface area contributed by atoms with Gasteiger partial charge in [-0.2, -0.15) is 0 Å². The Morgan fingerprint density at radius 2 is 1.85 bits per heavy atom. The van der Waals surface area contributed by atoms with E-state index in [1.165, 1.54) is 11.1 Å². The zero-order chi connectivity index (χ0) is 15.4. The van der Waals surface area contributed by atoms with Gasteiger partial charge in [0.25, 0.3) is 0 Å². The van der Waals surface area contributed by atoms with Crippen molar-refractivity contribution in [3.05, 3.63) is 23.3 Å². The van der Waals surface area contributed by atoms with Crippen molar-refractivity contribution in [1.82, 2.24) is 0 Å². The van der Waals surface area contributed by atoms with Crippen LogP contribution in [0.2, 0.25) is 0 Å². The number of unbranched alkanes of at least 4 members (excludes halogenated alkanes) is 1. The zero-order valence-corrected chi connectivity index (χ0v) is 14.0. The van der Waals surface area contributed by atoms with Gasteiger partial charge in [0.05, 0.1) is 5.92 Å². The summed E-state index contributed by atoms with van der Waals surface area (Å²) >= 11 is 0. The molecule has 0 aromatic heterocycles. The van der Waals surface area contributed by atoms with Crippen LogP contribution >= 0.6 is 0 Å². The van der Waals surface area contributed by atoms with E-state index >= 15 is 0 Å². The minimum atomic E-state index is -0.0331. The highest BCUT2D eigenvalue weighted by molar-refractivity contribution is 5.72. The molecule has 1 unspecified atom stereocenters. The zero-order valence-electron chi connectivity index (χ0n) is 14.0. The normalized spacial score (nSPS) is 12.9. The third kappa shape index (κ3) is 9.82. The fourth-order valence-corrected chi connectivity index (χ4v) is 2.01. The molecule has 0 aromatic rings. The van der Waals surface area contributed by atoms with E-state index in [-0.39, 0.29) is 11.9 Å². The number of hydrogen-bond donors (Lipinski definition) is 0. The minimum absolute atomic E-state index is 0.0331. The smallest absolute Gasteiger partial charge is 0.309 e. The average Bonchev–Trinajstić information content (AvgIpc) is 2.39. The highest BCUT2D eigenvalue weighted by atomic mass is 16.5. The van der Waals surface area contributed by atoms with Crippen LogP contribution in [-0.2, 0) is 9.53 Å². The van der Waals surface area contributed by atoms with E-state index in [2.05, 4.69) is 40.7 Å². The van der Waals surface area contributed by atoms with Crippen molar-refractivity contribution >= 4 is 5.97 Å². The Bertz CT molecular complexity index is 322. The van der Waals surface area contributed by atoms with Gasteiger partial charge in [0.2, 0.25) is 0 Å². The molecule has 0 N–H and O–H groups in total. The molecule has 2 heteroatoms. The van der Waals surface area contributed by atoms with Crippen LogP contribution in [0, 0.1) is 5.92 Å². The first-order chi connectivity index (χ1) is 9.51. The molecule has 116 valence electrons. The Morgan fingerprint density at radius 3 is 2.40 bits per heavy atom. The molecule has 0 saturated heterocycles. The lowest BCUT2D eigenvalue weighted by Crippen LogP contribution is -2.17. The number of carbonyl (C=O) groups excluding carboxylic acids is 1. The van der Waals surface area contributed by atoms with Crippen LogP contribution in [0.5, 0.6) is 0 Å². The van der Waals surface area contributed by atoms with Gasteiger partial charge in [-0.25, -0.2) is 0 Å². The Morgan fingerprint density at radius 1 is 1.15 bits per heavy atom. The van der Waals surface area contributed by atoms with Crippen LogP contribution in [0.25, 0.3) is 0 Å². The van der Waals surface area contributed by atoms with E-state index in [1.54, 1.807) is 0 Å². The average molecular weight is 280 g/mol. The van der Waals surface area contributed by atoms with Crippen LogP contribution < -0.4 is 0 Å². The van der Waals surface area contributed by atoms with Crippen LogP contribution in [-0.4, -0.2) is 12.6 Å². The number of allylic oxidation sites excluding steroid dienone is 3. The van der Waals surface area contributed by atoms with E-state index < -0.39 is 0 Å². The molecular formula is C18H32O2. The third-order valence-electron chi connectivity index (χ3n) is 3.48. The maximum atomic E-state index is 11.9. The molecule has 0 spiro atoms. The molecule has 0 aliphatic carbocycles. The summed E-state index contributed by atoms with van der Waals surface area (Å²) in [6.45, 7) is 11.0. The second kappa shape index (κ2) is 11.7. The van der Waals surface area contributed by atoms with Crippen molar-refractivity contribution in [1.29, 1.82) is 0 Å². The molecule has 20 heavy (non-hydrogen) atoms. The summed E-state index contributed by atoms with van der Waals surface area (Å²) in [6.07, 6.45) is 10.4. The first-order valence-electron chi connectivity index (χ1n) is 7.96. The lowest BCUT2D eigenvalue weighted by Gasteiger charge is -2.12. The summed E-state index contributed by atoms with van der Waals surface area (Å²) < 4.78 is 5.36. The molecule has 0 rings (SSSR count). The van der Waals surface area contributed by atoms with Crippen molar-refractivity contribution in [2.24, 2.45) is 5.92 Å². The molecule has 0 radical (unpaired) electrons.